The highest BCUT2D eigenvalue weighted by atomic mass is 15.1. The van der Waals surface area contributed by atoms with Crippen molar-refractivity contribution < 1.29 is 0 Å². The van der Waals surface area contributed by atoms with Crippen molar-refractivity contribution in [3.63, 3.8) is 0 Å². The molecule has 1 aromatic rings. The van der Waals surface area contributed by atoms with Gasteiger partial charge in [-0.25, -0.2) is 0 Å². The lowest BCUT2D eigenvalue weighted by atomic mass is 10.0. The van der Waals surface area contributed by atoms with Crippen molar-refractivity contribution in [2.75, 3.05) is 32.0 Å². The first-order valence-electron chi connectivity index (χ1n) is 7.44. The van der Waals surface area contributed by atoms with Crippen molar-refractivity contribution in [3.05, 3.63) is 42.0 Å². The highest BCUT2D eigenvalue weighted by Crippen LogP contribution is 2.23. The average Bonchev–Trinajstić information content (AvgIpc) is 2.86. The van der Waals surface area contributed by atoms with Gasteiger partial charge in [0.2, 0.25) is 0 Å². The first-order chi connectivity index (χ1) is 9.29. The number of unbranched alkanes of at least 4 members (excludes halogenated alkanes) is 2. The molecule has 0 amide bonds. The molecule has 19 heavy (non-hydrogen) atoms. The van der Waals surface area contributed by atoms with Crippen molar-refractivity contribution in [2.24, 2.45) is 0 Å². The molecule has 1 aliphatic rings. The zero-order valence-corrected chi connectivity index (χ0v) is 12.1. The van der Waals surface area contributed by atoms with Gasteiger partial charge in [0.05, 0.1) is 0 Å². The van der Waals surface area contributed by atoms with Crippen LogP contribution in [0.2, 0.25) is 0 Å². The Bertz CT molecular complexity index is 412. The summed E-state index contributed by atoms with van der Waals surface area (Å²) in [6.07, 6.45) is 8.29. The Hall–Kier alpha value is -1.28. The van der Waals surface area contributed by atoms with Crippen LogP contribution in [0.3, 0.4) is 0 Å². The lowest BCUT2D eigenvalue weighted by Gasteiger charge is -2.13. The van der Waals surface area contributed by atoms with E-state index in [0.29, 0.717) is 0 Å². The minimum Gasteiger partial charge on any atom is -0.384 e. The van der Waals surface area contributed by atoms with E-state index in [1.54, 1.807) is 0 Å². The molecule has 0 aliphatic carbocycles. The Morgan fingerprint density at radius 3 is 3.05 bits per heavy atom. The van der Waals surface area contributed by atoms with E-state index in [1.807, 2.05) is 6.08 Å². The summed E-state index contributed by atoms with van der Waals surface area (Å²) in [7, 11) is 2.16. The topological polar surface area (TPSA) is 15.3 Å². The molecule has 1 N–H and O–H groups in total. The van der Waals surface area contributed by atoms with Gasteiger partial charge in [-0.1, -0.05) is 24.6 Å². The monoisotopic (exact) mass is 258 g/mol. The maximum absolute atomic E-state index is 3.77. The second-order valence-electron chi connectivity index (χ2n) is 5.53. The lowest BCUT2D eigenvalue weighted by molar-refractivity contribution is 0.358. The van der Waals surface area contributed by atoms with E-state index in [4.69, 9.17) is 0 Å². The highest BCUT2D eigenvalue weighted by molar-refractivity contribution is 5.56. The SMILES string of the molecule is C=CCN(C)CCCCCc1ccc2c(c1)CCN2. The van der Waals surface area contributed by atoms with Crippen LogP contribution in [0.1, 0.15) is 30.4 Å². The van der Waals surface area contributed by atoms with Crippen molar-refractivity contribution in [3.8, 4) is 0 Å². The quantitative estimate of drug-likeness (QED) is 0.567. The number of hydrogen-bond acceptors (Lipinski definition) is 2. The second kappa shape index (κ2) is 7.34. The van der Waals surface area contributed by atoms with Gasteiger partial charge in [0.25, 0.3) is 0 Å². The summed E-state index contributed by atoms with van der Waals surface area (Å²) in [4.78, 5) is 2.33. The number of fused-ring (bicyclic) bond motifs is 1. The second-order valence-corrected chi connectivity index (χ2v) is 5.53. The van der Waals surface area contributed by atoms with Crippen LogP contribution >= 0.6 is 0 Å². The molecule has 104 valence electrons. The number of rotatable bonds is 8. The molecule has 0 saturated heterocycles. The zero-order valence-electron chi connectivity index (χ0n) is 12.1. The molecule has 1 heterocycles. The molecule has 2 heteroatoms. The van der Waals surface area contributed by atoms with Crippen molar-refractivity contribution >= 4 is 5.69 Å². The van der Waals surface area contributed by atoms with Gasteiger partial charge < -0.3 is 10.2 Å². The van der Waals surface area contributed by atoms with Crippen LogP contribution in [0.4, 0.5) is 5.69 Å². The molecule has 0 aromatic heterocycles. The van der Waals surface area contributed by atoms with E-state index >= 15 is 0 Å². The summed E-state index contributed by atoms with van der Waals surface area (Å²) in [6.45, 7) is 7.05. The molecule has 0 spiro atoms. The molecule has 0 saturated carbocycles. The summed E-state index contributed by atoms with van der Waals surface area (Å²) in [5.74, 6) is 0. The molecule has 0 radical (unpaired) electrons. The molecular formula is C17H26N2. The van der Waals surface area contributed by atoms with E-state index in [2.05, 4.69) is 42.0 Å². The summed E-state index contributed by atoms with van der Waals surface area (Å²) in [6, 6.07) is 6.91. The van der Waals surface area contributed by atoms with E-state index in [0.717, 1.165) is 13.1 Å². The summed E-state index contributed by atoms with van der Waals surface area (Å²) in [5, 5.41) is 3.41. The van der Waals surface area contributed by atoms with Crippen LogP contribution in [0.5, 0.6) is 0 Å². The number of aryl methyl sites for hydroxylation is 1. The molecule has 2 rings (SSSR count). The van der Waals surface area contributed by atoms with Gasteiger partial charge in [0.15, 0.2) is 0 Å². The largest absolute Gasteiger partial charge is 0.384 e. The molecule has 0 fully saturated rings. The number of benzene rings is 1. The van der Waals surface area contributed by atoms with Gasteiger partial charge in [-0.05, 0) is 56.5 Å². The Labute approximate surface area is 117 Å². The molecular weight excluding hydrogens is 232 g/mol. The normalized spacial score (nSPS) is 13.4. The Balaban J connectivity index is 1.64. The third-order valence-electron chi connectivity index (χ3n) is 3.83. The predicted octanol–water partition coefficient (Wildman–Crippen LogP) is 3.49. The van der Waals surface area contributed by atoms with E-state index in [9.17, 15) is 0 Å². The summed E-state index contributed by atoms with van der Waals surface area (Å²) < 4.78 is 0. The van der Waals surface area contributed by atoms with E-state index < -0.39 is 0 Å². The number of hydrogen-bond donors (Lipinski definition) is 1. The van der Waals surface area contributed by atoms with Crippen LogP contribution in [0.25, 0.3) is 0 Å². The maximum Gasteiger partial charge on any atom is 0.0373 e. The van der Waals surface area contributed by atoms with Crippen molar-refractivity contribution in [1.82, 2.24) is 4.90 Å². The fraction of sp³-hybridized carbons (Fsp3) is 0.529. The van der Waals surface area contributed by atoms with Crippen LogP contribution in [-0.4, -0.2) is 31.6 Å². The zero-order chi connectivity index (χ0) is 13.5. The first kappa shape index (κ1) is 14.1. The summed E-state index contributed by atoms with van der Waals surface area (Å²) >= 11 is 0. The molecule has 0 bridgehead atoms. The number of likely N-dealkylation sites (N-methyl/N-ethyl adjacent to an activating group) is 1. The highest BCUT2D eigenvalue weighted by Gasteiger charge is 2.09. The van der Waals surface area contributed by atoms with E-state index in [1.165, 1.54) is 55.5 Å². The minimum absolute atomic E-state index is 0.998. The Morgan fingerprint density at radius 2 is 2.21 bits per heavy atom. The predicted molar refractivity (Wildman–Crippen MR) is 83.9 cm³/mol. The van der Waals surface area contributed by atoms with Crippen LogP contribution < -0.4 is 5.32 Å². The molecule has 0 unspecified atom stereocenters. The Morgan fingerprint density at radius 1 is 1.32 bits per heavy atom. The molecule has 1 aliphatic heterocycles. The number of nitrogens with one attached hydrogen (secondary N) is 1. The number of nitrogens with zero attached hydrogens (tertiary/aromatic N) is 1. The van der Waals surface area contributed by atoms with Crippen molar-refractivity contribution in [1.29, 1.82) is 0 Å². The van der Waals surface area contributed by atoms with Crippen LogP contribution in [0.15, 0.2) is 30.9 Å². The van der Waals surface area contributed by atoms with Gasteiger partial charge in [0, 0.05) is 18.8 Å². The third kappa shape index (κ3) is 4.39. The lowest BCUT2D eigenvalue weighted by Crippen LogP contribution is -2.19. The minimum atomic E-state index is 0.998. The van der Waals surface area contributed by atoms with Gasteiger partial charge in [0.1, 0.15) is 0 Å². The smallest absolute Gasteiger partial charge is 0.0373 e. The molecule has 2 nitrogen and oxygen atoms in total. The summed E-state index contributed by atoms with van der Waals surface area (Å²) in [5.41, 5.74) is 4.35. The van der Waals surface area contributed by atoms with E-state index in [-0.39, 0.29) is 0 Å². The molecule has 0 atom stereocenters. The fourth-order valence-corrected chi connectivity index (χ4v) is 2.71. The van der Waals surface area contributed by atoms with Gasteiger partial charge >= 0.3 is 0 Å². The Kier molecular flexibility index (Phi) is 5.46. The number of anilines is 1. The fourth-order valence-electron chi connectivity index (χ4n) is 2.71. The van der Waals surface area contributed by atoms with Gasteiger partial charge in [-0.3, -0.25) is 0 Å². The van der Waals surface area contributed by atoms with Crippen LogP contribution in [0, 0.1) is 0 Å². The van der Waals surface area contributed by atoms with Gasteiger partial charge in [-0.2, -0.15) is 0 Å². The van der Waals surface area contributed by atoms with Gasteiger partial charge in [-0.15, -0.1) is 6.58 Å². The van der Waals surface area contributed by atoms with Crippen molar-refractivity contribution in [2.45, 2.75) is 32.1 Å². The third-order valence-corrected chi connectivity index (χ3v) is 3.83. The maximum atomic E-state index is 3.77. The van der Waals surface area contributed by atoms with Crippen LogP contribution in [-0.2, 0) is 12.8 Å². The average molecular weight is 258 g/mol. The first-order valence-corrected chi connectivity index (χ1v) is 7.44. The standard InChI is InChI=1S/C17H26N2/c1-3-12-19(2)13-6-4-5-7-15-8-9-17-16(14-15)10-11-18-17/h3,8-9,14,18H,1,4-7,10-13H2,2H3. The molecule has 1 aromatic carbocycles.